The van der Waals surface area contributed by atoms with E-state index in [2.05, 4.69) is 15.0 Å². The smallest absolute Gasteiger partial charge is 0.332 e. The van der Waals surface area contributed by atoms with E-state index < -0.39 is 36.5 Å². The van der Waals surface area contributed by atoms with Gasteiger partial charge in [0.05, 0.1) is 20.8 Å². The van der Waals surface area contributed by atoms with Gasteiger partial charge in [0.1, 0.15) is 13.2 Å². The van der Waals surface area contributed by atoms with Gasteiger partial charge in [0, 0.05) is 19.2 Å². The number of ether oxygens (including phenoxy) is 5. The van der Waals surface area contributed by atoms with Crippen LogP contribution in [0, 0.1) is 0 Å². The van der Waals surface area contributed by atoms with Gasteiger partial charge in [-0.25, -0.2) is 14.6 Å². The largest absolute Gasteiger partial charge is 0.493 e. The highest BCUT2D eigenvalue weighted by Gasteiger charge is 2.28. The molecule has 11 heteroatoms. The minimum atomic E-state index is -1.35. The number of hydrogen-bond donors (Lipinski definition) is 1. The van der Waals surface area contributed by atoms with Gasteiger partial charge < -0.3 is 29.0 Å². The number of benzene rings is 1. The number of carbonyl (C=O) groups excluding carboxylic acids is 4. The summed E-state index contributed by atoms with van der Waals surface area (Å²) in [5, 5.41) is 2.35. The summed E-state index contributed by atoms with van der Waals surface area (Å²) in [5.41, 5.74) is 0.565. The first-order valence-electron chi connectivity index (χ1n) is 9.73. The zero-order chi connectivity index (χ0) is 24.2. The van der Waals surface area contributed by atoms with Crippen molar-refractivity contribution in [2.45, 2.75) is 19.6 Å². The molecule has 11 nitrogen and oxygen atoms in total. The molecule has 0 radical (unpaired) electrons. The Morgan fingerprint density at radius 3 is 2.42 bits per heavy atom. The number of esters is 3. The predicted octanol–water partition coefficient (Wildman–Crippen LogP) is 1.05. The van der Waals surface area contributed by atoms with Crippen LogP contribution in [0.5, 0.6) is 11.5 Å². The van der Waals surface area contributed by atoms with E-state index in [1.165, 1.54) is 19.4 Å². The van der Waals surface area contributed by atoms with E-state index in [1.54, 1.807) is 0 Å². The van der Waals surface area contributed by atoms with Gasteiger partial charge in [-0.1, -0.05) is 30.3 Å². The van der Waals surface area contributed by atoms with Crippen molar-refractivity contribution in [1.82, 2.24) is 10.3 Å². The molecule has 1 atom stereocenters. The van der Waals surface area contributed by atoms with Crippen LogP contribution < -0.4 is 14.8 Å². The number of rotatable bonds is 11. The fourth-order valence-corrected chi connectivity index (χ4v) is 2.58. The van der Waals surface area contributed by atoms with E-state index in [0.717, 1.165) is 19.6 Å². The predicted molar refractivity (Wildman–Crippen MR) is 112 cm³/mol. The molecule has 2 rings (SSSR count). The van der Waals surface area contributed by atoms with Gasteiger partial charge in [-0.15, -0.1) is 0 Å². The van der Waals surface area contributed by atoms with Crippen molar-refractivity contribution in [2.24, 2.45) is 0 Å². The van der Waals surface area contributed by atoms with Crippen LogP contribution in [0.25, 0.3) is 0 Å². The molecule has 0 bridgehead atoms. The summed E-state index contributed by atoms with van der Waals surface area (Å²) in [6.07, 6.45) is 1.26. The Kier molecular flexibility index (Phi) is 9.78. The maximum Gasteiger partial charge on any atom is 0.332 e. The van der Waals surface area contributed by atoms with Crippen LogP contribution >= 0.6 is 0 Å². The summed E-state index contributed by atoms with van der Waals surface area (Å²) >= 11 is 0. The molecule has 0 saturated carbocycles. The molecule has 176 valence electrons. The molecule has 0 aliphatic carbocycles. The maximum absolute atomic E-state index is 12.7. The molecule has 33 heavy (non-hydrogen) atoms. The van der Waals surface area contributed by atoms with Crippen LogP contribution in [0.3, 0.4) is 0 Å². The van der Waals surface area contributed by atoms with E-state index in [-0.39, 0.29) is 30.4 Å². The van der Waals surface area contributed by atoms with Gasteiger partial charge in [0.2, 0.25) is 5.75 Å². The summed E-state index contributed by atoms with van der Waals surface area (Å²) in [5.74, 6) is -3.32. The van der Waals surface area contributed by atoms with Crippen molar-refractivity contribution < 1.29 is 42.9 Å². The average Bonchev–Trinajstić information content (AvgIpc) is 2.81. The Labute approximate surface area is 189 Å². The topological polar surface area (TPSA) is 139 Å². The van der Waals surface area contributed by atoms with Crippen LogP contribution in [-0.4, -0.2) is 62.3 Å². The molecule has 0 saturated heterocycles. The lowest BCUT2D eigenvalue weighted by Gasteiger charge is -2.18. The van der Waals surface area contributed by atoms with Crippen LogP contribution in [0.2, 0.25) is 0 Å². The van der Waals surface area contributed by atoms with Crippen LogP contribution in [0.4, 0.5) is 0 Å². The summed E-state index contributed by atoms with van der Waals surface area (Å²) in [6.45, 7) is 0.474. The molecule has 1 unspecified atom stereocenters. The second kappa shape index (κ2) is 12.8. The van der Waals surface area contributed by atoms with Crippen molar-refractivity contribution in [3.63, 3.8) is 0 Å². The highest BCUT2D eigenvalue weighted by atomic mass is 16.6. The van der Waals surface area contributed by atoms with Gasteiger partial charge in [0.15, 0.2) is 17.5 Å². The molecule has 1 amide bonds. The van der Waals surface area contributed by atoms with E-state index in [4.69, 9.17) is 18.9 Å². The maximum atomic E-state index is 12.7. The third-order valence-electron chi connectivity index (χ3n) is 4.08. The summed E-state index contributed by atoms with van der Waals surface area (Å²) < 4.78 is 25.1. The fraction of sp³-hybridized carbons (Fsp3) is 0.318. The lowest BCUT2D eigenvalue weighted by atomic mass is 10.2. The molecule has 0 spiro atoms. The molecule has 1 N–H and O–H groups in total. The molecule has 0 aliphatic heterocycles. The van der Waals surface area contributed by atoms with Crippen molar-refractivity contribution in [1.29, 1.82) is 0 Å². The van der Waals surface area contributed by atoms with Crippen molar-refractivity contribution in [3.8, 4) is 11.5 Å². The Bertz CT molecular complexity index is 979. The first-order valence-corrected chi connectivity index (χ1v) is 9.73. The summed E-state index contributed by atoms with van der Waals surface area (Å²) in [6, 6.07) is 9.25. The Morgan fingerprint density at radius 1 is 1.06 bits per heavy atom. The molecule has 1 heterocycles. The molecular weight excluding hydrogens is 436 g/mol. The molecule has 1 aromatic carbocycles. The first kappa shape index (κ1) is 25.3. The fourth-order valence-electron chi connectivity index (χ4n) is 2.58. The van der Waals surface area contributed by atoms with Gasteiger partial charge >= 0.3 is 17.9 Å². The highest BCUT2D eigenvalue weighted by Crippen LogP contribution is 2.29. The van der Waals surface area contributed by atoms with Gasteiger partial charge in [-0.2, -0.15) is 0 Å². The van der Waals surface area contributed by atoms with Crippen molar-refractivity contribution in [2.75, 3.05) is 27.4 Å². The van der Waals surface area contributed by atoms with E-state index in [9.17, 15) is 19.2 Å². The zero-order valence-corrected chi connectivity index (χ0v) is 18.4. The van der Waals surface area contributed by atoms with E-state index in [0.29, 0.717) is 0 Å². The number of amides is 1. The number of methoxy groups -OCH3 is 2. The van der Waals surface area contributed by atoms with Gasteiger partial charge in [0.25, 0.3) is 5.91 Å². The van der Waals surface area contributed by atoms with Crippen molar-refractivity contribution in [3.05, 3.63) is 53.9 Å². The number of carbonyl (C=O) groups is 4. The van der Waals surface area contributed by atoms with E-state index in [1.807, 2.05) is 30.3 Å². The minimum Gasteiger partial charge on any atom is -0.493 e. The molecule has 0 aliphatic rings. The quantitative estimate of drug-likeness (QED) is 0.484. The lowest BCUT2D eigenvalue weighted by molar-refractivity contribution is -0.154. The summed E-state index contributed by atoms with van der Waals surface area (Å²) in [4.78, 5) is 52.1. The minimum absolute atomic E-state index is 0.0851. The lowest BCUT2D eigenvalue weighted by Crippen LogP contribution is -2.45. The van der Waals surface area contributed by atoms with Gasteiger partial charge in [-0.3, -0.25) is 9.59 Å². The second-order valence-corrected chi connectivity index (χ2v) is 6.50. The SMILES string of the molecule is COC(=O)C(COC(=O)COCc1ccccc1)NC(=O)c1nccc(OC)c1OC(C)=O. The van der Waals surface area contributed by atoms with Crippen LogP contribution in [-0.2, 0) is 35.2 Å². The Balaban J connectivity index is 2.00. The molecule has 1 aromatic heterocycles. The number of nitrogens with zero attached hydrogens (tertiary/aromatic N) is 1. The number of aromatic nitrogens is 1. The average molecular weight is 460 g/mol. The Hall–Kier alpha value is -3.99. The van der Waals surface area contributed by atoms with Crippen LogP contribution in [0.15, 0.2) is 42.6 Å². The molecule has 0 fully saturated rings. The second-order valence-electron chi connectivity index (χ2n) is 6.50. The highest BCUT2D eigenvalue weighted by molar-refractivity contribution is 5.98. The number of pyridine rings is 1. The zero-order valence-electron chi connectivity index (χ0n) is 18.4. The van der Waals surface area contributed by atoms with E-state index >= 15 is 0 Å². The number of nitrogens with one attached hydrogen (secondary N) is 1. The Morgan fingerprint density at radius 2 is 1.79 bits per heavy atom. The third-order valence-corrected chi connectivity index (χ3v) is 4.08. The normalized spacial score (nSPS) is 11.1. The number of hydrogen-bond acceptors (Lipinski definition) is 10. The van der Waals surface area contributed by atoms with Crippen LogP contribution in [0.1, 0.15) is 23.0 Å². The van der Waals surface area contributed by atoms with Crippen molar-refractivity contribution >= 4 is 23.8 Å². The first-order chi connectivity index (χ1) is 15.8. The van der Waals surface area contributed by atoms with Gasteiger partial charge in [-0.05, 0) is 5.56 Å². The molecular formula is C22H24N2O9. The summed E-state index contributed by atoms with van der Waals surface area (Å²) in [7, 11) is 2.43. The molecule has 2 aromatic rings. The monoisotopic (exact) mass is 460 g/mol. The standard InChI is InChI=1S/C22H24N2O9/c1-14(25)33-20-17(29-2)9-10-23-19(20)21(27)24-16(22(28)30-3)12-32-18(26)13-31-11-15-7-5-4-6-8-15/h4-10,16H,11-13H2,1-3H3,(H,24,27). The third kappa shape index (κ3) is 7.89.